The van der Waals surface area contributed by atoms with Gasteiger partial charge in [-0.2, -0.15) is 0 Å². The van der Waals surface area contributed by atoms with Crippen LogP contribution >= 0.6 is 12.4 Å². The molecule has 7 nitrogen and oxygen atoms in total. The first-order chi connectivity index (χ1) is 12.9. The van der Waals surface area contributed by atoms with Gasteiger partial charge in [0.05, 0.1) is 25.4 Å². The second-order valence-electron chi connectivity index (χ2n) is 6.78. The average molecular weight is 410 g/mol. The fraction of sp³-hybridized carbons (Fsp3) is 0.400. The van der Waals surface area contributed by atoms with Crippen molar-refractivity contribution in [1.29, 1.82) is 0 Å². The highest BCUT2D eigenvalue weighted by molar-refractivity contribution is 5.87. The molecular formula is C20H28ClN3O4. The minimum absolute atomic E-state index is 0. The summed E-state index contributed by atoms with van der Waals surface area (Å²) in [5, 5.41) is 12.9. The summed E-state index contributed by atoms with van der Waals surface area (Å²) in [5.41, 5.74) is 6.72. The maximum atomic E-state index is 12.7. The first-order valence-corrected chi connectivity index (χ1v) is 8.95. The number of furan rings is 1. The fourth-order valence-corrected chi connectivity index (χ4v) is 2.53. The smallest absolute Gasteiger partial charge is 0.242 e. The van der Waals surface area contributed by atoms with Crippen molar-refractivity contribution in [1.82, 2.24) is 10.2 Å². The van der Waals surface area contributed by atoms with Crippen LogP contribution in [0.5, 0.6) is 0 Å². The predicted octanol–water partition coefficient (Wildman–Crippen LogP) is 1.86. The van der Waals surface area contributed by atoms with Gasteiger partial charge in [-0.1, -0.05) is 44.2 Å². The maximum absolute atomic E-state index is 12.7. The van der Waals surface area contributed by atoms with Gasteiger partial charge in [-0.25, -0.2) is 0 Å². The van der Waals surface area contributed by atoms with Gasteiger partial charge >= 0.3 is 0 Å². The van der Waals surface area contributed by atoms with Crippen molar-refractivity contribution in [3.05, 3.63) is 60.1 Å². The molecule has 4 N–H and O–H groups in total. The Balaban J connectivity index is 0.00000392. The first-order valence-electron chi connectivity index (χ1n) is 8.95. The number of nitrogens with one attached hydrogen (secondary N) is 1. The Hall–Kier alpha value is -2.35. The maximum Gasteiger partial charge on any atom is 0.242 e. The first kappa shape index (κ1) is 23.7. The van der Waals surface area contributed by atoms with Crippen molar-refractivity contribution in [3.63, 3.8) is 0 Å². The van der Waals surface area contributed by atoms with Gasteiger partial charge in [-0.3, -0.25) is 9.59 Å². The third-order valence-electron chi connectivity index (χ3n) is 4.27. The molecule has 2 atom stereocenters. The van der Waals surface area contributed by atoms with E-state index in [1.54, 1.807) is 12.1 Å². The summed E-state index contributed by atoms with van der Waals surface area (Å²) in [4.78, 5) is 26.2. The van der Waals surface area contributed by atoms with E-state index in [0.29, 0.717) is 12.3 Å². The lowest BCUT2D eigenvalue weighted by Crippen LogP contribution is -2.48. The Morgan fingerprint density at radius 2 is 1.86 bits per heavy atom. The number of benzene rings is 1. The molecule has 1 aromatic carbocycles. The number of carbonyl (C=O) groups is 2. The molecule has 0 aliphatic heterocycles. The number of rotatable bonds is 9. The third kappa shape index (κ3) is 6.99. The molecule has 1 heterocycles. The average Bonchev–Trinajstić information content (AvgIpc) is 3.20. The van der Waals surface area contributed by atoms with E-state index < -0.39 is 12.1 Å². The third-order valence-corrected chi connectivity index (χ3v) is 4.27. The normalized spacial score (nSPS) is 12.8. The van der Waals surface area contributed by atoms with Crippen molar-refractivity contribution in [2.75, 3.05) is 13.1 Å². The van der Waals surface area contributed by atoms with Crippen LogP contribution in [0.4, 0.5) is 0 Å². The Labute approximate surface area is 171 Å². The van der Waals surface area contributed by atoms with Crippen molar-refractivity contribution in [2.24, 2.45) is 11.7 Å². The number of amides is 2. The summed E-state index contributed by atoms with van der Waals surface area (Å²) in [7, 11) is 0. The predicted molar refractivity (Wildman–Crippen MR) is 109 cm³/mol. The molecule has 1 aromatic heterocycles. The van der Waals surface area contributed by atoms with Crippen LogP contribution in [-0.4, -0.2) is 41.0 Å². The van der Waals surface area contributed by atoms with E-state index in [-0.39, 0.29) is 43.2 Å². The van der Waals surface area contributed by atoms with Crippen LogP contribution in [0.15, 0.2) is 53.1 Å². The van der Waals surface area contributed by atoms with Gasteiger partial charge in [0.25, 0.3) is 0 Å². The van der Waals surface area contributed by atoms with Gasteiger partial charge < -0.3 is 25.5 Å². The van der Waals surface area contributed by atoms with Gasteiger partial charge in [-0.15, -0.1) is 12.4 Å². The Morgan fingerprint density at radius 3 is 2.43 bits per heavy atom. The number of aliphatic hydroxyl groups is 1. The van der Waals surface area contributed by atoms with E-state index in [9.17, 15) is 14.7 Å². The van der Waals surface area contributed by atoms with Gasteiger partial charge in [0.1, 0.15) is 11.9 Å². The largest absolute Gasteiger partial charge is 0.467 e. The molecule has 0 aliphatic carbocycles. The monoisotopic (exact) mass is 409 g/mol. The molecule has 0 bridgehead atoms. The molecule has 0 spiro atoms. The standard InChI is InChI=1S/C20H27N3O4.ClH/c1-14(2)19(21)20(26)22-11-18(25)23(12-15-7-4-3-5-8-15)13-16(24)17-9-6-10-27-17;/h3-10,14,16,19,24H,11-13,21H2,1-2H3,(H,22,26);1H/t16?,19-;/m0./s1. The number of aliphatic hydroxyl groups excluding tert-OH is 1. The van der Waals surface area contributed by atoms with E-state index in [1.165, 1.54) is 11.2 Å². The van der Waals surface area contributed by atoms with Gasteiger partial charge in [-0.05, 0) is 23.6 Å². The van der Waals surface area contributed by atoms with Crippen molar-refractivity contribution in [2.45, 2.75) is 32.5 Å². The lowest BCUT2D eigenvalue weighted by molar-refractivity contribution is -0.135. The summed E-state index contributed by atoms with van der Waals surface area (Å²) in [6.07, 6.45) is 0.511. The molecule has 2 rings (SSSR count). The van der Waals surface area contributed by atoms with E-state index >= 15 is 0 Å². The molecule has 28 heavy (non-hydrogen) atoms. The number of hydrogen-bond donors (Lipinski definition) is 3. The van der Waals surface area contributed by atoms with Crippen LogP contribution in [0.1, 0.15) is 31.3 Å². The summed E-state index contributed by atoms with van der Waals surface area (Å²) < 4.78 is 5.21. The molecule has 0 saturated heterocycles. The van der Waals surface area contributed by atoms with Crippen LogP contribution in [0.3, 0.4) is 0 Å². The summed E-state index contributed by atoms with van der Waals surface area (Å²) >= 11 is 0. The minimum atomic E-state index is -0.957. The van der Waals surface area contributed by atoms with E-state index in [1.807, 2.05) is 44.2 Å². The Bertz CT molecular complexity index is 722. The molecule has 154 valence electrons. The van der Waals surface area contributed by atoms with Crippen LogP contribution < -0.4 is 11.1 Å². The lowest BCUT2D eigenvalue weighted by Gasteiger charge is -2.25. The lowest BCUT2D eigenvalue weighted by atomic mass is 10.1. The van der Waals surface area contributed by atoms with Gasteiger partial charge in [0, 0.05) is 6.54 Å². The number of nitrogens with zero attached hydrogens (tertiary/aromatic N) is 1. The summed E-state index contributed by atoms with van der Waals surface area (Å²) in [6.45, 7) is 3.86. The molecule has 2 amide bonds. The van der Waals surface area contributed by atoms with Crippen molar-refractivity contribution < 1.29 is 19.1 Å². The highest BCUT2D eigenvalue weighted by Gasteiger charge is 2.23. The molecule has 0 saturated carbocycles. The summed E-state index contributed by atoms with van der Waals surface area (Å²) in [5.74, 6) is -0.327. The van der Waals surface area contributed by atoms with Crippen LogP contribution in [-0.2, 0) is 16.1 Å². The molecule has 1 unspecified atom stereocenters. The van der Waals surface area contributed by atoms with Gasteiger partial charge in [0.2, 0.25) is 11.8 Å². The number of hydrogen-bond acceptors (Lipinski definition) is 5. The zero-order chi connectivity index (χ0) is 19.8. The van der Waals surface area contributed by atoms with Crippen LogP contribution in [0, 0.1) is 5.92 Å². The zero-order valence-electron chi connectivity index (χ0n) is 16.1. The van der Waals surface area contributed by atoms with Crippen molar-refractivity contribution in [3.8, 4) is 0 Å². The molecule has 0 aliphatic rings. The number of nitrogens with two attached hydrogens (primary N) is 1. The molecular weight excluding hydrogens is 382 g/mol. The zero-order valence-corrected chi connectivity index (χ0v) is 16.9. The van der Waals surface area contributed by atoms with Gasteiger partial charge in [0.15, 0.2) is 0 Å². The van der Waals surface area contributed by atoms with E-state index in [0.717, 1.165) is 5.56 Å². The van der Waals surface area contributed by atoms with E-state index in [4.69, 9.17) is 10.2 Å². The van der Waals surface area contributed by atoms with Crippen LogP contribution in [0.2, 0.25) is 0 Å². The van der Waals surface area contributed by atoms with E-state index in [2.05, 4.69) is 5.32 Å². The number of carbonyl (C=O) groups excluding carboxylic acids is 2. The number of halogens is 1. The molecule has 8 heteroatoms. The molecule has 2 aromatic rings. The second kappa shape index (κ2) is 11.5. The second-order valence-corrected chi connectivity index (χ2v) is 6.78. The molecule has 0 radical (unpaired) electrons. The Morgan fingerprint density at radius 1 is 1.18 bits per heavy atom. The fourth-order valence-electron chi connectivity index (χ4n) is 2.53. The topological polar surface area (TPSA) is 109 Å². The molecule has 0 fully saturated rings. The Kier molecular flexibility index (Phi) is 9.72. The quantitative estimate of drug-likeness (QED) is 0.585. The SMILES string of the molecule is CC(C)[C@H](N)C(=O)NCC(=O)N(Cc1ccccc1)CC(O)c1ccco1.Cl. The minimum Gasteiger partial charge on any atom is -0.467 e. The highest BCUT2D eigenvalue weighted by Crippen LogP contribution is 2.16. The highest BCUT2D eigenvalue weighted by atomic mass is 35.5. The van der Waals surface area contributed by atoms with Crippen LogP contribution in [0.25, 0.3) is 0 Å². The summed E-state index contributed by atoms with van der Waals surface area (Å²) in [6, 6.07) is 12.1. The van der Waals surface area contributed by atoms with Crippen molar-refractivity contribution >= 4 is 24.2 Å².